The number of Topliss-reactive ketones (excluding diaryl/α,β-unsaturated/α-hetero) is 1. The number of aromatic nitrogens is 3. The average Bonchev–Trinajstić information content (AvgIpc) is 3.33. The van der Waals surface area contributed by atoms with E-state index < -0.39 is 0 Å². The van der Waals surface area contributed by atoms with E-state index in [2.05, 4.69) is 16.2 Å². The van der Waals surface area contributed by atoms with Crippen molar-refractivity contribution in [3.63, 3.8) is 0 Å². The molecule has 0 saturated carbocycles. The summed E-state index contributed by atoms with van der Waals surface area (Å²) < 4.78 is 1.66. The molecule has 2 aromatic carbocycles. The lowest BCUT2D eigenvalue weighted by atomic mass is 10.2. The summed E-state index contributed by atoms with van der Waals surface area (Å²) in [6, 6.07) is 19.5. The first-order valence-electron chi connectivity index (χ1n) is 8.94. The summed E-state index contributed by atoms with van der Waals surface area (Å²) in [6.45, 7) is 0. The Hall–Kier alpha value is -3.57. The van der Waals surface area contributed by atoms with E-state index in [4.69, 9.17) is 0 Å². The van der Waals surface area contributed by atoms with Crippen LogP contribution in [0.4, 0.5) is 11.4 Å². The highest BCUT2D eigenvalue weighted by atomic mass is 32.2. The molecule has 1 aliphatic rings. The Kier molecular flexibility index (Phi) is 5.06. The minimum Gasteiger partial charge on any atom is -0.328 e. The normalized spacial score (nSPS) is 12.7. The van der Waals surface area contributed by atoms with Crippen LogP contribution in [0.15, 0.2) is 77.5 Å². The third-order valence-corrected chi connectivity index (χ3v) is 5.53. The first kappa shape index (κ1) is 18.8. The molecule has 8 heteroatoms. The molecule has 0 N–H and O–H groups in total. The van der Waals surface area contributed by atoms with E-state index in [9.17, 15) is 10.1 Å². The van der Waals surface area contributed by atoms with Crippen molar-refractivity contribution in [2.75, 3.05) is 29.6 Å². The fourth-order valence-corrected chi connectivity index (χ4v) is 3.95. The van der Waals surface area contributed by atoms with Gasteiger partial charge in [0.05, 0.1) is 22.8 Å². The molecule has 0 amide bonds. The summed E-state index contributed by atoms with van der Waals surface area (Å²) in [5, 5.41) is 14.6. The standard InChI is InChI=1S/C21H18N6OS/c1-25-17-10-6-7-11-18(17)26(2)20(25)16(12-22)19(28)13-29-21-23-14-27(24-21)15-8-4-3-5-9-15/h3-11,14H,13H2,1-2H3. The smallest absolute Gasteiger partial charge is 0.209 e. The highest BCUT2D eigenvalue weighted by Gasteiger charge is 2.31. The number of thioether (sulfide) groups is 1. The van der Waals surface area contributed by atoms with E-state index in [1.807, 2.05) is 78.5 Å². The molecular formula is C21H18N6OS. The second kappa shape index (κ2) is 7.81. The second-order valence-corrected chi connectivity index (χ2v) is 7.38. The zero-order valence-electron chi connectivity index (χ0n) is 16.0. The Morgan fingerprint density at radius 2 is 1.66 bits per heavy atom. The van der Waals surface area contributed by atoms with Crippen molar-refractivity contribution in [3.8, 4) is 11.8 Å². The van der Waals surface area contributed by atoms with Crippen LogP contribution < -0.4 is 9.80 Å². The SMILES string of the molecule is CN1C(=C(C#N)C(=O)CSc2ncn(-c3ccccc3)n2)N(C)c2ccccc21. The maximum absolute atomic E-state index is 12.8. The van der Waals surface area contributed by atoms with Crippen LogP contribution in [-0.4, -0.2) is 40.4 Å². The molecule has 2 heterocycles. The van der Waals surface area contributed by atoms with Crippen molar-refractivity contribution in [2.24, 2.45) is 0 Å². The van der Waals surface area contributed by atoms with Gasteiger partial charge in [-0.05, 0) is 24.3 Å². The van der Waals surface area contributed by atoms with Crippen molar-refractivity contribution in [3.05, 3.63) is 72.3 Å². The summed E-state index contributed by atoms with van der Waals surface area (Å²) in [6.07, 6.45) is 1.61. The average molecular weight is 402 g/mol. The van der Waals surface area contributed by atoms with Crippen LogP contribution in [0.3, 0.4) is 0 Å². The van der Waals surface area contributed by atoms with Gasteiger partial charge in [-0.1, -0.05) is 42.1 Å². The third kappa shape index (κ3) is 3.48. The Bertz CT molecular complexity index is 1100. The zero-order valence-corrected chi connectivity index (χ0v) is 16.8. The van der Waals surface area contributed by atoms with Gasteiger partial charge in [0.25, 0.3) is 0 Å². The molecule has 0 unspecified atom stereocenters. The Balaban J connectivity index is 1.52. The van der Waals surface area contributed by atoms with E-state index in [-0.39, 0.29) is 17.1 Å². The maximum Gasteiger partial charge on any atom is 0.209 e. The lowest BCUT2D eigenvalue weighted by Crippen LogP contribution is -2.26. The molecule has 1 aromatic heterocycles. The lowest BCUT2D eigenvalue weighted by molar-refractivity contribution is -0.112. The maximum atomic E-state index is 12.8. The van der Waals surface area contributed by atoms with Gasteiger partial charge < -0.3 is 9.80 Å². The number of allylic oxidation sites excluding steroid dienone is 1. The Morgan fingerprint density at radius 3 is 2.28 bits per heavy atom. The summed E-state index contributed by atoms with van der Waals surface area (Å²) in [5.41, 5.74) is 2.94. The number of benzene rings is 2. The van der Waals surface area contributed by atoms with Crippen LogP contribution in [-0.2, 0) is 4.79 Å². The number of para-hydroxylation sites is 3. The van der Waals surface area contributed by atoms with E-state index in [0.29, 0.717) is 11.0 Å². The molecule has 0 fully saturated rings. The van der Waals surface area contributed by atoms with Crippen LogP contribution in [0, 0.1) is 11.3 Å². The number of nitriles is 1. The van der Waals surface area contributed by atoms with Crippen molar-refractivity contribution < 1.29 is 4.79 Å². The topological polar surface area (TPSA) is 78.0 Å². The van der Waals surface area contributed by atoms with Crippen molar-refractivity contribution in [2.45, 2.75) is 5.16 Å². The van der Waals surface area contributed by atoms with E-state index in [0.717, 1.165) is 17.1 Å². The fourth-order valence-electron chi connectivity index (χ4n) is 3.28. The van der Waals surface area contributed by atoms with Crippen LogP contribution in [0.2, 0.25) is 0 Å². The number of carbonyl (C=O) groups is 1. The molecule has 7 nitrogen and oxygen atoms in total. The number of fused-ring (bicyclic) bond motifs is 1. The first-order chi connectivity index (χ1) is 14.1. The molecule has 0 aliphatic carbocycles. The molecular weight excluding hydrogens is 384 g/mol. The summed E-state index contributed by atoms with van der Waals surface area (Å²) in [7, 11) is 3.72. The van der Waals surface area contributed by atoms with E-state index in [1.165, 1.54) is 11.8 Å². The number of carbonyl (C=O) groups excluding carboxylic acids is 1. The minimum atomic E-state index is -0.255. The van der Waals surface area contributed by atoms with E-state index >= 15 is 0 Å². The number of hydrogen-bond donors (Lipinski definition) is 0. The highest BCUT2D eigenvalue weighted by molar-refractivity contribution is 7.99. The number of anilines is 2. The van der Waals surface area contributed by atoms with Gasteiger partial charge in [0.15, 0.2) is 5.78 Å². The van der Waals surface area contributed by atoms with Crippen LogP contribution in [0.1, 0.15) is 0 Å². The van der Waals surface area contributed by atoms with E-state index in [1.54, 1.807) is 11.0 Å². The molecule has 0 bridgehead atoms. The molecule has 3 aromatic rings. The third-order valence-electron chi connectivity index (χ3n) is 4.68. The number of rotatable bonds is 5. The molecule has 144 valence electrons. The summed E-state index contributed by atoms with van der Waals surface area (Å²) >= 11 is 1.22. The molecule has 0 spiro atoms. The lowest BCUT2D eigenvalue weighted by Gasteiger charge is -2.19. The van der Waals surface area contributed by atoms with Gasteiger partial charge in [-0.15, -0.1) is 5.10 Å². The van der Waals surface area contributed by atoms with Gasteiger partial charge in [-0.3, -0.25) is 4.79 Å². The fraction of sp³-hybridized carbons (Fsp3) is 0.143. The summed E-state index contributed by atoms with van der Waals surface area (Å²) in [5.74, 6) is 0.417. The van der Waals surface area contributed by atoms with Crippen molar-refractivity contribution >= 4 is 28.9 Å². The zero-order chi connectivity index (χ0) is 20.4. The molecule has 1 aliphatic heterocycles. The summed E-state index contributed by atoms with van der Waals surface area (Å²) in [4.78, 5) is 20.8. The number of nitrogens with zero attached hydrogens (tertiary/aromatic N) is 6. The van der Waals surface area contributed by atoms with Crippen LogP contribution >= 0.6 is 11.8 Å². The van der Waals surface area contributed by atoms with Gasteiger partial charge in [0, 0.05) is 14.1 Å². The van der Waals surface area contributed by atoms with Gasteiger partial charge in [-0.25, -0.2) is 9.67 Å². The van der Waals surface area contributed by atoms with Crippen LogP contribution in [0.5, 0.6) is 0 Å². The molecule has 4 rings (SSSR count). The second-order valence-electron chi connectivity index (χ2n) is 6.44. The number of ketones is 1. The molecule has 0 saturated heterocycles. The first-order valence-corrected chi connectivity index (χ1v) is 9.92. The predicted octanol–water partition coefficient (Wildman–Crippen LogP) is 3.25. The van der Waals surface area contributed by atoms with Crippen molar-refractivity contribution in [1.29, 1.82) is 5.26 Å². The highest BCUT2D eigenvalue weighted by Crippen LogP contribution is 2.40. The van der Waals surface area contributed by atoms with Gasteiger partial charge in [-0.2, -0.15) is 5.26 Å². The molecule has 0 radical (unpaired) electrons. The van der Waals surface area contributed by atoms with Crippen LogP contribution in [0.25, 0.3) is 5.69 Å². The Labute approximate surface area is 172 Å². The quantitative estimate of drug-likeness (QED) is 0.368. The van der Waals surface area contributed by atoms with Gasteiger partial charge >= 0.3 is 0 Å². The predicted molar refractivity (Wildman–Crippen MR) is 113 cm³/mol. The van der Waals surface area contributed by atoms with Crippen molar-refractivity contribution in [1.82, 2.24) is 14.8 Å². The molecule has 0 atom stereocenters. The van der Waals surface area contributed by atoms with Gasteiger partial charge in [0.2, 0.25) is 5.16 Å². The molecule has 29 heavy (non-hydrogen) atoms. The Morgan fingerprint density at radius 1 is 1.03 bits per heavy atom. The number of hydrogen-bond acceptors (Lipinski definition) is 7. The minimum absolute atomic E-state index is 0.0865. The monoisotopic (exact) mass is 402 g/mol. The largest absolute Gasteiger partial charge is 0.328 e. The van der Waals surface area contributed by atoms with Gasteiger partial charge in [0.1, 0.15) is 23.8 Å².